The van der Waals surface area contributed by atoms with Gasteiger partial charge in [-0.15, -0.1) is 0 Å². The fourth-order valence-electron chi connectivity index (χ4n) is 0.867. The molecule has 0 saturated heterocycles. The van der Waals surface area contributed by atoms with E-state index in [-0.39, 0.29) is 0 Å². The maximum Gasteiger partial charge on any atom is 0.0508 e. The van der Waals surface area contributed by atoms with Gasteiger partial charge in [-0.1, -0.05) is 6.07 Å². The highest BCUT2D eigenvalue weighted by Crippen LogP contribution is 2.12. The van der Waals surface area contributed by atoms with Gasteiger partial charge in [0.25, 0.3) is 0 Å². The molecule has 4 heteroatoms. The molecule has 1 aromatic rings. The van der Waals surface area contributed by atoms with E-state index in [0.29, 0.717) is 4.90 Å². The normalized spacial score (nSPS) is 15.2. The summed E-state index contributed by atoms with van der Waals surface area (Å²) in [6, 6.07) is 7.10. The highest BCUT2D eigenvalue weighted by Gasteiger charge is 2.00. The molecule has 1 atom stereocenters. The van der Waals surface area contributed by atoms with Crippen molar-refractivity contribution in [3.8, 4) is 0 Å². The summed E-state index contributed by atoms with van der Waals surface area (Å²) < 4.78 is 11.3. The van der Waals surface area contributed by atoms with Gasteiger partial charge in [-0.05, 0) is 24.1 Å². The van der Waals surface area contributed by atoms with Crippen LogP contribution in [-0.2, 0) is 9.71 Å². The monoisotopic (exact) mass is 184 g/mol. The second-order valence-electron chi connectivity index (χ2n) is 2.50. The van der Waals surface area contributed by atoms with E-state index >= 15 is 0 Å². The number of hydrogen-bond donors (Lipinski definition) is 2. The third-order valence-electron chi connectivity index (χ3n) is 1.52. The van der Waals surface area contributed by atoms with E-state index in [1.165, 1.54) is 0 Å². The minimum absolute atomic E-state index is 0.564. The zero-order valence-electron chi connectivity index (χ0n) is 6.91. The quantitative estimate of drug-likeness (QED) is 0.664. The van der Waals surface area contributed by atoms with Gasteiger partial charge in [-0.25, -0.2) is 4.21 Å². The lowest BCUT2D eigenvalue weighted by molar-refractivity contribution is 0.682. The first kappa shape index (κ1) is 9.09. The Hall–Kier alpha value is -1.00. The first-order valence-electron chi connectivity index (χ1n) is 3.47. The first-order chi connectivity index (χ1) is 5.54. The van der Waals surface area contributed by atoms with Crippen molar-refractivity contribution in [3.63, 3.8) is 0 Å². The summed E-state index contributed by atoms with van der Waals surface area (Å²) in [5.41, 5.74) is 0.884. The maximum absolute atomic E-state index is 11.3. The molecule has 0 fully saturated rings. The summed E-state index contributed by atoms with van der Waals surface area (Å²) in [6.45, 7) is 0. The van der Waals surface area contributed by atoms with Gasteiger partial charge >= 0.3 is 0 Å². The number of nitrogens with two attached hydrogens (primary N) is 1. The van der Waals surface area contributed by atoms with Crippen molar-refractivity contribution in [2.45, 2.75) is 4.90 Å². The standard InChI is InChI=1S/C8H12N2OS/c1-10-7-4-3-5-8(6-7)12(2,9)11/h3-6,10H,2H2,1H3,(H2,9,11). The zero-order valence-corrected chi connectivity index (χ0v) is 7.73. The number of hydrogen-bond acceptors (Lipinski definition) is 2. The van der Waals surface area contributed by atoms with E-state index in [4.69, 9.17) is 5.14 Å². The minimum Gasteiger partial charge on any atom is -0.388 e. The van der Waals surface area contributed by atoms with Gasteiger partial charge in [0.05, 0.1) is 9.71 Å². The smallest absolute Gasteiger partial charge is 0.0508 e. The number of anilines is 1. The third-order valence-corrected chi connectivity index (χ3v) is 2.57. The summed E-state index contributed by atoms with van der Waals surface area (Å²) in [6.07, 6.45) is 0. The molecule has 0 aliphatic rings. The van der Waals surface area contributed by atoms with Crippen LogP contribution < -0.4 is 10.5 Å². The molecule has 0 saturated carbocycles. The van der Waals surface area contributed by atoms with E-state index in [1.54, 1.807) is 25.2 Å². The van der Waals surface area contributed by atoms with Crippen molar-refractivity contribution in [2.75, 3.05) is 12.4 Å². The van der Waals surface area contributed by atoms with Gasteiger partial charge in [-0.2, -0.15) is 0 Å². The second-order valence-corrected chi connectivity index (χ2v) is 4.43. The molecular weight excluding hydrogens is 172 g/mol. The van der Waals surface area contributed by atoms with Crippen LogP contribution in [0.3, 0.4) is 0 Å². The van der Waals surface area contributed by atoms with Gasteiger partial charge in [0.1, 0.15) is 0 Å². The molecule has 0 amide bonds. The molecule has 0 bridgehead atoms. The SMILES string of the molecule is C=S(N)(=O)c1cccc(NC)c1. The number of rotatable bonds is 2. The third kappa shape index (κ3) is 1.99. The molecule has 0 radical (unpaired) electrons. The number of benzene rings is 1. The van der Waals surface area contributed by atoms with Gasteiger partial charge < -0.3 is 5.32 Å². The molecule has 3 N–H and O–H groups in total. The van der Waals surface area contributed by atoms with Crippen LogP contribution in [0.4, 0.5) is 5.69 Å². The van der Waals surface area contributed by atoms with Crippen LogP contribution in [0.1, 0.15) is 0 Å². The Kier molecular flexibility index (Phi) is 2.40. The van der Waals surface area contributed by atoms with Crippen LogP contribution in [0.5, 0.6) is 0 Å². The predicted octanol–water partition coefficient (Wildman–Crippen LogP) is 0.677. The second kappa shape index (κ2) is 3.16. The Balaban J connectivity index is 3.20. The lowest BCUT2D eigenvalue weighted by Gasteiger charge is -2.04. The van der Waals surface area contributed by atoms with Crippen LogP contribution in [0.15, 0.2) is 29.2 Å². The van der Waals surface area contributed by atoms with Crippen molar-refractivity contribution in [3.05, 3.63) is 24.3 Å². The molecule has 3 nitrogen and oxygen atoms in total. The van der Waals surface area contributed by atoms with Crippen molar-refractivity contribution < 1.29 is 4.21 Å². The Bertz CT molecular complexity index is 370. The molecule has 0 aliphatic carbocycles. The fourth-order valence-corrected chi connectivity index (χ4v) is 1.50. The van der Waals surface area contributed by atoms with E-state index < -0.39 is 9.71 Å². The molecule has 66 valence electrons. The van der Waals surface area contributed by atoms with Gasteiger partial charge in [-0.3, -0.25) is 5.14 Å². The summed E-state index contributed by atoms with van der Waals surface area (Å²) in [5.74, 6) is 3.39. The summed E-state index contributed by atoms with van der Waals surface area (Å²) in [5, 5.41) is 8.30. The Morgan fingerprint density at radius 3 is 2.75 bits per heavy atom. The maximum atomic E-state index is 11.3. The summed E-state index contributed by atoms with van der Waals surface area (Å²) >= 11 is 0. The average Bonchev–Trinajstić information content (AvgIpc) is 2.03. The van der Waals surface area contributed by atoms with Crippen LogP contribution in [0, 0.1) is 0 Å². The molecule has 1 aromatic carbocycles. The molecule has 0 aromatic heterocycles. The van der Waals surface area contributed by atoms with Crippen molar-refractivity contribution in [2.24, 2.45) is 5.14 Å². The van der Waals surface area contributed by atoms with Gasteiger partial charge in [0.2, 0.25) is 0 Å². The van der Waals surface area contributed by atoms with E-state index in [9.17, 15) is 4.21 Å². The molecule has 0 aliphatic heterocycles. The average molecular weight is 184 g/mol. The van der Waals surface area contributed by atoms with Crippen molar-refractivity contribution in [1.82, 2.24) is 0 Å². The Labute approximate surface area is 72.7 Å². The summed E-state index contributed by atoms with van der Waals surface area (Å²) in [7, 11) is -0.783. The Morgan fingerprint density at radius 2 is 2.25 bits per heavy atom. The van der Waals surface area contributed by atoms with Crippen LogP contribution in [-0.4, -0.2) is 17.1 Å². The zero-order chi connectivity index (χ0) is 9.19. The lowest BCUT2D eigenvalue weighted by Crippen LogP contribution is -2.11. The molecular formula is C8H12N2OS. The van der Waals surface area contributed by atoms with E-state index in [0.717, 1.165) is 5.69 Å². The topological polar surface area (TPSA) is 55.1 Å². The molecule has 12 heavy (non-hydrogen) atoms. The molecule has 1 unspecified atom stereocenters. The highest BCUT2D eigenvalue weighted by molar-refractivity contribution is 7.98. The van der Waals surface area contributed by atoms with Crippen molar-refractivity contribution >= 4 is 21.3 Å². The molecule has 1 rings (SSSR count). The van der Waals surface area contributed by atoms with Crippen LogP contribution in [0.25, 0.3) is 0 Å². The fraction of sp³-hybridized carbons (Fsp3) is 0.125. The number of nitrogens with one attached hydrogen (secondary N) is 1. The largest absolute Gasteiger partial charge is 0.388 e. The minimum atomic E-state index is -2.58. The Morgan fingerprint density at radius 1 is 1.58 bits per heavy atom. The molecule has 0 spiro atoms. The highest BCUT2D eigenvalue weighted by atomic mass is 32.2. The van der Waals surface area contributed by atoms with Gasteiger partial charge in [0.15, 0.2) is 0 Å². The first-order valence-corrected chi connectivity index (χ1v) is 5.26. The van der Waals surface area contributed by atoms with Crippen LogP contribution >= 0.6 is 0 Å². The van der Waals surface area contributed by atoms with Crippen LogP contribution in [0.2, 0.25) is 0 Å². The molecule has 0 heterocycles. The van der Waals surface area contributed by atoms with E-state index in [1.807, 2.05) is 6.07 Å². The van der Waals surface area contributed by atoms with Gasteiger partial charge in [0, 0.05) is 17.6 Å². The van der Waals surface area contributed by atoms with Crippen molar-refractivity contribution in [1.29, 1.82) is 0 Å². The lowest BCUT2D eigenvalue weighted by atomic mass is 10.3. The van der Waals surface area contributed by atoms with E-state index in [2.05, 4.69) is 11.2 Å². The predicted molar refractivity (Wildman–Crippen MR) is 53.7 cm³/mol. The summed E-state index contributed by atoms with van der Waals surface area (Å²) in [4.78, 5) is 0.564.